The molecule has 0 atom stereocenters. The molecule has 1 N–H and O–H groups in total. The maximum Gasteiger partial charge on any atom is 0.417 e. The van der Waals surface area contributed by atoms with Crippen LogP contribution < -0.4 is 5.32 Å². The normalized spacial score (nSPS) is 11.5. The Bertz CT molecular complexity index is 990. The van der Waals surface area contributed by atoms with Gasteiger partial charge in [0.05, 0.1) is 16.8 Å². The highest BCUT2D eigenvalue weighted by Gasteiger charge is 2.35. The molecule has 0 fully saturated rings. The van der Waals surface area contributed by atoms with Gasteiger partial charge in [-0.3, -0.25) is 4.79 Å². The first-order valence-electron chi connectivity index (χ1n) is 8.02. The van der Waals surface area contributed by atoms with Gasteiger partial charge in [0.1, 0.15) is 5.82 Å². The lowest BCUT2D eigenvalue weighted by atomic mass is 10.1. The molecule has 1 aromatic carbocycles. The van der Waals surface area contributed by atoms with E-state index in [1.165, 1.54) is 22.9 Å². The summed E-state index contributed by atoms with van der Waals surface area (Å²) >= 11 is 0. The molecular weight excluding hydrogens is 359 g/mol. The zero-order valence-corrected chi connectivity index (χ0v) is 14.8. The van der Waals surface area contributed by atoms with Crippen LogP contribution >= 0.6 is 0 Å². The summed E-state index contributed by atoms with van der Waals surface area (Å²) in [4.78, 5) is 21.1. The Morgan fingerprint density at radius 3 is 2.26 bits per heavy atom. The third kappa shape index (κ3) is 3.97. The molecule has 0 unspecified atom stereocenters. The van der Waals surface area contributed by atoms with Gasteiger partial charge in [-0.2, -0.15) is 23.0 Å². The maximum absolute atomic E-state index is 13.2. The molecule has 0 saturated heterocycles. The van der Waals surface area contributed by atoms with Crippen molar-refractivity contribution in [1.82, 2.24) is 19.7 Å². The highest BCUT2D eigenvalue weighted by Crippen LogP contribution is 2.32. The first-order chi connectivity index (χ1) is 12.6. The average molecular weight is 375 g/mol. The minimum Gasteiger partial charge on any atom is -0.306 e. The molecule has 0 bridgehead atoms. The van der Waals surface area contributed by atoms with E-state index in [2.05, 4.69) is 20.4 Å². The van der Waals surface area contributed by atoms with E-state index in [-0.39, 0.29) is 11.8 Å². The zero-order valence-electron chi connectivity index (χ0n) is 14.8. The average Bonchev–Trinajstić information content (AvgIpc) is 2.93. The van der Waals surface area contributed by atoms with Crippen molar-refractivity contribution in [3.8, 4) is 5.95 Å². The van der Waals surface area contributed by atoms with Crippen LogP contribution in [0, 0.1) is 20.8 Å². The second-order valence-corrected chi connectivity index (χ2v) is 6.03. The second-order valence-electron chi connectivity index (χ2n) is 6.03. The third-order valence-corrected chi connectivity index (χ3v) is 3.71. The van der Waals surface area contributed by atoms with Crippen LogP contribution in [-0.4, -0.2) is 25.7 Å². The fraction of sp³-hybridized carbons (Fsp3) is 0.222. The summed E-state index contributed by atoms with van der Waals surface area (Å²) in [6, 6.07) is 7.91. The largest absolute Gasteiger partial charge is 0.417 e. The van der Waals surface area contributed by atoms with E-state index in [9.17, 15) is 18.0 Å². The second kappa shape index (κ2) is 6.82. The summed E-state index contributed by atoms with van der Waals surface area (Å²) in [7, 11) is 0. The minimum absolute atomic E-state index is 0.180. The Balaban J connectivity index is 2.00. The van der Waals surface area contributed by atoms with Gasteiger partial charge in [0.25, 0.3) is 11.9 Å². The van der Waals surface area contributed by atoms with Gasteiger partial charge in [-0.25, -0.2) is 9.97 Å². The van der Waals surface area contributed by atoms with Crippen molar-refractivity contribution in [3.63, 3.8) is 0 Å². The highest BCUT2D eigenvalue weighted by molar-refractivity contribution is 6.05. The summed E-state index contributed by atoms with van der Waals surface area (Å²) < 4.78 is 40.8. The number of amides is 1. The molecule has 1 amide bonds. The third-order valence-electron chi connectivity index (χ3n) is 3.71. The fourth-order valence-electron chi connectivity index (χ4n) is 2.65. The van der Waals surface area contributed by atoms with Crippen LogP contribution in [0.2, 0.25) is 0 Å². The number of hydrogen-bond donors (Lipinski definition) is 1. The maximum atomic E-state index is 13.2. The Labute approximate surface area is 153 Å². The Morgan fingerprint density at radius 1 is 1.00 bits per heavy atom. The number of aryl methyl sites for hydroxylation is 3. The molecule has 27 heavy (non-hydrogen) atoms. The highest BCUT2D eigenvalue weighted by atomic mass is 19.4. The number of aromatic nitrogens is 4. The number of nitrogens with one attached hydrogen (secondary N) is 1. The number of nitrogens with zero attached hydrogens (tertiary/aromatic N) is 4. The number of carbonyl (C=O) groups excluding carboxylic acids is 1. The molecule has 9 heteroatoms. The number of halogens is 3. The molecule has 140 valence electrons. The SMILES string of the molecule is Cc1cc(C)nc(-n2nc(C)cc2NC(=O)c2ccccc2C(F)(F)F)n1. The number of carbonyl (C=O) groups is 1. The molecule has 0 aliphatic carbocycles. The molecule has 6 nitrogen and oxygen atoms in total. The summed E-state index contributed by atoms with van der Waals surface area (Å²) in [5.41, 5.74) is 0.470. The van der Waals surface area contributed by atoms with Crippen molar-refractivity contribution >= 4 is 11.7 Å². The molecule has 0 radical (unpaired) electrons. The minimum atomic E-state index is -4.64. The van der Waals surface area contributed by atoms with Crippen molar-refractivity contribution in [2.75, 3.05) is 5.32 Å². The molecule has 2 aromatic heterocycles. The van der Waals surface area contributed by atoms with Gasteiger partial charge in [-0.1, -0.05) is 12.1 Å². The number of benzene rings is 1. The summed E-state index contributed by atoms with van der Waals surface area (Å²) in [5.74, 6) is -0.493. The van der Waals surface area contributed by atoms with Gasteiger partial charge in [-0.15, -0.1) is 0 Å². The van der Waals surface area contributed by atoms with Crippen molar-refractivity contribution < 1.29 is 18.0 Å². The van der Waals surface area contributed by atoms with Crippen molar-refractivity contribution in [1.29, 1.82) is 0 Å². The predicted octanol–water partition coefficient (Wildman–Crippen LogP) is 3.86. The van der Waals surface area contributed by atoms with Crippen LogP contribution in [0.5, 0.6) is 0 Å². The lowest BCUT2D eigenvalue weighted by Crippen LogP contribution is -2.20. The molecule has 2 heterocycles. The lowest BCUT2D eigenvalue weighted by Gasteiger charge is -2.13. The lowest BCUT2D eigenvalue weighted by molar-refractivity contribution is -0.137. The van der Waals surface area contributed by atoms with Crippen molar-refractivity contribution in [2.24, 2.45) is 0 Å². The van der Waals surface area contributed by atoms with E-state index in [0.717, 1.165) is 12.1 Å². The van der Waals surface area contributed by atoms with Crippen LogP contribution in [0.15, 0.2) is 36.4 Å². The number of alkyl halides is 3. The number of rotatable bonds is 3. The summed E-state index contributed by atoms with van der Waals surface area (Å²) in [6.45, 7) is 5.26. The fourth-order valence-corrected chi connectivity index (χ4v) is 2.65. The number of hydrogen-bond acceptors (Lipinski definition) is 4. The zero-order chi connectivity index (χ0) is 19.8. The Morgan fingerprint density at radius 2 is 1.63 bits per heavy atom. The predicted molar refractivity (Wildman–Crippen MR) is 92.8 cm³/mol. The quantitative estimate of drug-likeness (QED) is 0.755. The van der Waals surface area contributed by atoms with E-state index in [1.54, 1.807) is 26.8 Å². The Kier molecular flexibility index (Phi) is 4.69. The summed E-state index contributed by atoms with van der Waals surface area (Å²) in [6.07, 6.45) is -4.64. The van der Waals surface area contributed by atoms with Gasteiger partial charge in [0.15, 0.2) is 0 Å². The van der Waals surface area contributed by atoms with Crippen LogP contribution in [0.3, 0.4) is 0 Å². The van der Waals surface area contributed by atoms with Crippen molar-refractivity contribution in [2.45, 2.75) is 26.9 Å². The van der Waals surface area contributed by atoms with Gasteiger partial charge < -0.3 is 5.32 Å². The van der Waals surface area contributed by atoms with Gasteiger partial charge in [0, 0.05) is 17.5 Å². The molecule has 3 aromatic rings. The molecule has 0 spiro atoms. The Hall–Kier alpha value is -3.23. The molecule has 0 aliphatic rings. The molecular formula is C18H16F3N5O. The van der Waals surface area contributed by atoms with E-state index >= 15 is 0 Å². The van der Waals surface area contributed by atoms with E-state index < -0.39 is 23.2 Å². The topological polar surface area (TPSA) is 72.7 Å². The van der Waals surface area contributed by atoms with Crippen LogP contribution in [0.4, 0.5) is 19.0 Å². The van der Waals surface area contributed by atoms with Gasteiger partial charge in [-0.05, 0) is 39.0 Å². The first kappa shape index (κ1) is 18.6. The first-order valence-corrected chi connectivity index (χ1v) is 8.02. The van der Waals surface area contributed by atoms with E-state index in [4.69, 9.17) is 0 Å². The van der Waals surface area contributed by atoms with Gasteiger partial charge >= 0.3 is 6.18 Å². The summed E-state index contributed by atoms with van der Waals surface area (Å²) in [5, 5.41) is 6.71. The standard InChI is InChI=1S/C18H16F3N5O/c1-10-8-11(2)23-17(22-10)26-15(9-12(3)25-26)24-16(27)13-6-4-5-7-14(13)18(19,20)21/h4-9H,1-3H3,(H,24,27). The van der Waals surface area contributed by atoms with Gasteiger partial charge in [0.2, 0.25) is 0 Å². The van der Waals surface area contributed by atoms with Crippen molar-refractivity contribution in [3.05, 3.63) is 64.6 Å². The smallest absolute Gasteiger partial charge is 0.306 e. The molecule has 3 rings (SSSR count). The van der Waals surface area contributed by atoms with E-state index in [0.29, 0.717) is 17.1 Å². The van der Waals surface area contributed by atoms with Crippen LogP contribution in [-0.2, 0) is 6.18 Å². The van der Waals surface area contributed by atoms with E-state index in [1.807, 2.05) is 0 Å². The molecule has 0 saturated carbocycles. The molecule has 0 aliphatic heterocycles. The van der Waals surface area contributed by atoms with Crippen LogP contribution in [0.1, 0.15) is 33.0 Å². The number of anilines is 1. The monoisotopic (exact) mass is 375 g/mol. The van der Waals surface area contributed by atoms with Crippen LogP contribution in [0.25, 0.3) is 5.95 Å².